The second kappa shape index (κ2) is 3.98. The Kier molecular flexibility index (Phi) is 2.87. The summed E-state index contributed by atoms with van der Waals surface area (Å²) < 4.78 is 0. The van der Waals surface area contributed by atoms with Crippen LogP contribution < -0.4 is 0 Å². The summed E-state index contributed by atoms with van der Waals surface area (Å²) >= 11 is 2.01. The second-order valence-corrected chi connectivity index (χ2v) is 5.94. The Morgan fingerprint density at radius 1 is 1.29 bits per heavy atom. The van der Waals surface area contributed by atoms with Crippen LogP contribution >= 0.6 is 11.8 Å². The molecule has 0 amide bonds. The van der Waals surface area contributed by atoms with E-state index in [1.165, 1.54) is 23.5 Å². The van der Waals surface area contributed by atoms with Gasteiger partial charge in [0.2, 0.25) is 0 Å². The van der Waals surface area contributed by atoms with E-state index in [1.807, 2.05) is 11.8 Å². The van der Waals surface area contributed by atoms with Crippen LogP contribution in [0.2, 0.25) is 0 Å². The van der Waals surface area contributed by atoms with Crippen LogP contribution in [0.4, 0.5) is 0 Å². The minimum atomic E-state index is 0.599. The quantitative estimate of drug-likeness (QED) is 0.667. The predicted octanol–water partition coefficient (Wildman–Crippen LogP) is 4.21. The van der Waals surface area contributed by atoms with Gasteiger partial charge in [-0.15, -0.1) is 11.8 Å². The topological polar surface area (TPSA) is 0 Å². The maximum absolute atomic E-state index is 2.40. The number of hydrogen-bond donors (Lipinski definition) is 0. The number of rotatable bonds is 3. The standard InChI is InChI=1S/C13H18S/c1-13(2)9-8-11(13)10-14-12-6-4-3-5-7-12/h3-7,11H,8-10H2,1-2H3. The van der Waals surface area contributed by atoms with Crippen LogP contribution in [-0.2, 0) is 0 Å². The Morgan fingerprint density at radius 3 is 2.50 bits per heavy atom. The minimum absolute atomic E-state index is 0.599. The third kappa shape index (κ3) is 2.14. The molecule has 0 radical (unpaired) electrons. The predicted molar refractivity (Wildman–Crippen MR) is 63.7 cm³/mol. The average Bonchev–Trinajstić information content (AvgIpc) is 2.18. The van der Waals surface area contributed by atoms with Crippen molar-refractivity contribution in [2.45, 2.75) is 31.6 Å². The first-order chi connectivity index (χ1) is 6.68. The monoisotopic (exact) mass is 206 g/mol. The molecule has 1 saturated carbocycles. The third-order valence-corrected chi connectivity index (χ3v) is 4.61. The molecule has 1 fully saturated rings. The van der Waals surface area contributed by atoms with Gasteiger partial charge in [-0.2, -0.15) is 0 Å². The lowest BCUT2D eigenvalue weighted by molar-refractivity contribution is 0.0933. The first-order valence-electron chi connectivity index (χ1n) is 5.36. The van der Waals surface area contributed by atoms with Crippen molar-refractivity contribution in [1.29, 1.82) is 0 Å². The van der Waals surface area contributed by atoms with Crippen molar-refractivity contribution >= 4 is 11.8 Å². The molecule has 0 spiro atoms. The molecule has 0 heterocycles. The van der Waals surface area contributed by atoms with E-state index in [0.29, 0.717) is 5.41 Å². The molecule has 0 aliphatic heterocycles. The summed E-state index contributed by atoms with van der Waals surface area (Å²) in [6.07, 6.45) is 2.83. The highest BCUT2D eigenvalue weighted by atomic mass is 32.2. The first kappa shape index (κ1) is 10.1. The molecule has 1 unspecified atom stereocenters. The first-order valence-corrected chi connectivity index (χ1v) is 6.35. The van der Waals surface area contributed by atoms with E-state index in [2.05, 4.69) is 44.2 Å². The molecular formula is C13H18S. The molecule has 1 heteroatoms. The van der Waals surface area contributed by atoms with Gasteiger partial charge in [0.25, 0.3) is 0 Å². The van der Waals surface area contributed by atoms with Crippen LogP contribution in [0.1, 0.15) is 26.7 Å². The zero-order valence-electron chi connectivity index (χ0n) is 8.99. The van der Waals surface area contributed by atoms with Gasteiger partial charge in [-0.1, -0.05) is 32.0 Å². The zero-order valence-corrected chi connectivity index (χ0v) is 9.81. The van der Waals surface area contributed by atoms with E-state index in [4.69, 9.17) is 0 Å². The maximum Gasteiger partial charge on any atom is 0.00720 e. The van der Waals surface area contributed by atoms with Gasteiger partial charge < -0.3 is 0 Å². The molecule has 1 atom stereocenters. The third-order valence-electron chi connectivity index (χ3n) is 3.44. The van der Waals surface area contributed by atoms with Crippen LogP contribution in [0, 0.1) is 11.3 Å². The van der Waals surface area contributed by atoms with Gasteiger partial charge in [0.05, 0.1) is 0 Å². The van der Waals surface area contributed by atoms with Crippen LogP contribution in [0.15, 0.2) is 35.2 Å². The van der Waals surface area contributed by atoms with E-state index >= 15 is 0 Å². The lowest BCUT2D eigenvalue weighted by atomic mass is 9.63. The smallest absolute Gasteiger partial charge is 0.00720 e. The van der Waals surface area contributed by atoms with Crippen molar-refractivity contribution in [3.8, 4) is 0 Å². The molecule has 1 aliphatic rings. The van der Waals surface area contributed by atoms with Crippen molar-refractivity contribution in [3.63, 3.8) is 0 Å². The summed E-state index contributed by atoms with van der Waals surface area (Å²) in [4.78, 5) is 1.41. The molecule has 0 nitrogen and oxygen atoms in total. The van der Waals surface area contributed by atoms with E-state index in [-0.39, 0.29) is 0 Å². The van der Waals surface area contributed by atoms with E-state index in [0.717, 1.165) is 5.92 Å². The largest absolute Gasteiger partial charge is 0.126 e. The van der Waals surface area contributed by atoms with E-state index < -0.39 is 0 Å². The fraction of sp³-hybridized carbons (Fsp3) is 0.538. The highest BCUT2D eigenvalue weighted by molar-refractivity contribution is 7.99. The fourth-order valence-corrected chi connectivity index (χ4v) is 3.31. The summed E-state index contributed by atoms with van der Waals surface area (Å²) in [5, 5.41) is 0. The molecule has 0 N–H and O–H groups in total. The van der Waals surface area contributed by atoms with Crippen molar-refractivity contribution in [1.82, 2.24) is 0 Å². The van der Waals surface area contributed by atoms with Gasteiger partial charge in [0, 0.05) is 10.6 Å². The summed E-state index contributed by atoms with van der Waals surface area (Å²) in [5.41, 5.74) is 0.599. The van der Waals surface area contributed by atoms with E-state index in [1.54, 1.807) is 0 Å². The van der Waals surface area contributed by atoms with Crippen molar-refractivity contribution in [2.75, 3.05) is 5.75 Å². The normalized spacial score (nSPS) is 24.3. The van der Waals surface area contributed by atoms with Gasteiger partial charge in [-0.05, 0) is 36.3 Å². The lowest BCUT2D eigenvalue weighted by Gasteiger charge is -2.44. The summed E-state index contributed by atoms with van der Waals surface area (Å²) in [7, 11) is 0. The van der Waals surface area contributed by atoms with Gasteiger partial charge >= 0.3 is 0 Å². The van der Waals surface area contributed by atoms with Crippen LogP contribution in [-0.4, -0.2) is 5.75 Å². The van der Waals surface area contributed by atoms with Gasteiger partial charge in [0.1, 0.15) is 0 Å². The Bertz CT molecular complexity index is 289. The minimum Gasteiger partial charge on any atom is -0.126 e. The maximum atomic E-state index is 2.40. The van der Waals surface area contributed by atoms with Crippen LogP contribution in [0.25, 0.3) is 0 Å². The Hall–Kier alpha value is -0.430. The van der Waals surface area contributed by atoms with E-state index in [9.17, 15) is 0 Å². The Balaban J connectivity index is 1.84. The zero-order chi connectivity index (χ0) is 10.0. The number of thioether (sulfide) groups is 1. The summed E-state index contributed by atoms with van der Waals surface area (Å²) in [6.45, 7) is 4.79. The molecule has 1 aliphatic carbocycles. The molecule has 1 aromatic carbocycles. The fourth-order valence-electron chi connectivity index (χ4n) is 1.95. The van der Waals surface area contributed by atoms with Gasteiger partial charge in [-0.25, -0.2) is 0 Å². The Morgan fingerprint density at radius 2 is 2.00 bits per heavy atom. The summed E-state index contributed by atoms with van der Waals surface area (Å²) in [5.74, 6) is 2.21. The van der Waals surface area contributed by atoms with Crippen molar-refractivity contribution < 1.29 is 0 Å². The summed E-state index contributed by atoms with van der Waals surface area (Å²) in [6, 6.07) is 10.7. The number of benzene rings is 1. The van der Waals surface area contributed by atoms with Crippen molar-refractivity contribution in [2.24, 2.45) is 11.3 Å². The average molecular weight is 206 g/mol. The molecule has 0 saturated heterocycles. The van der Waals surface area contributed by atoms with Crippen LogP contribution in [0.3, 0.4) is 0 Å². The Labute approximate surface area is 91.1 Å². The molecular weight excluding hydrogens is 188 g/mol. The van der Waals surface area contributed by atoms with Gasteiger partial charge in [-0.3, -0.25) is 0 Å². The van der Waals surface area contributed by atoms with Gasteiger partial charge in [0.15, 0.2) is 0 Å². The second-order valence-electron chi connectivity index (χ2n) is 4.85. The highest BCUT2D eigenvalue weighted by Crippen LogP contribution is 2.47. The molecule has 2 rings (SSSR count). The SMILES string of the molecule is CC1(C)CCC1CSc1ccccc1. The van der Waals surface area contributed by atoms with Crippen molar-refractivity contribution in [3.05, 3.63) is 30.3 Å². The molecule has 76 valence electrons. The molecule has 1 aromatic rings. The number of hydrogen-bond acceptors (Lipinski definition) is 1. The molecule has 0 aromatic heterocycles. The lowest BCUT2D eigenvalue weighted by Crippen LogP contribution is -2.36. The highest BCUT2D eigenvalue weighted by Gasteiger charge is 2.37. The molecule has 14 heavy (non-hydrogen) atoms. The molecule has 0 bridgehead atoms. The van der Waals surface area contributed by atoms with Crippen LogP contribution in [0.5, 0.6) is 0 Å².